The number of thiophene rings is 1. The Morgan fingerprint density at radius 3 is 2.74 bits per heavy atom. The molecular weight excluding hydrogens is 392 g/mol. The van der Waals surface area contributed by atoms with Crippen molar-refractivity contribution in [3.05, 3.63) is 16.0 Å². The van der Waals surface area contributed by atoms with Crippen molar-refractivity contribution in [2.45, 2.75) is 35.8 Å². The summed E-state index contributed by atoms with van der Waals surface area (Å²) in [6.07, 6.45) is 3.86. The zero-order valence-electron chi connectivity index (χ0n) is 10.3. The van der Waals surface area contributed by atoms with E-state index in [0.717, 1.165) is 36.2 Å². The van der Waals surface area contributed by atoms with E-state index >= 15 is 0 Å². The van der Waals surface area contributed by atoms with Gasteiger partial charge in [-0.15, -0.1) is 11.3 Å². The fraction of sp³-hybridized carbons (Fsp3) is 0.538. The van der Waals surface area contributed by atoms with E-state index in [1.54, 1.807) is 11.3 Å². The van der Waals surface area contributed by atoms with Crippen molar-refractivity contribution in [2.24, 2.45) is 5.41 Å². The van der Waals surface area contributed by atoms with E-state index in [9.17, 15) is 10.1 Å². The van der Waals surface area contributed by atoms with Crippen LogP contribution in [0.15, 0.2) is 0 Å². The molecule has 1 saturated carbocycles. The van der Waals surface area contributed by atoms with Gasteiger partial charge in [0.1, 0.15) is 11.1 Å². The highest BCUT2D eigenvalue weighted by Gasteiger charge is 2.66. The maximum absolute atomic E-state index is 12.3. The van der Waals surface area contributed by atoms with E-state index in [2.05, 4.69) is 43.2 Å². The highest BCUT2D eigenvalue weighted by Crippen LogP contribution is 2.66. The van der Waals surface area contributed by atoms with Gasteiger partial charge < -0.3 is 5.32 Å². The van der Waals surface area contributed by atoms with E-state index in [4.69, 9.17) is 0 Å². The quantitative estimate of drug-likeness (QED) is 0.760. The zero-order valence-corrected chi connectivity index (χ0v) is 14.3. The van der Waals surface area contributed by atoms with Crippen LogP contribution in [0, 0.1) is 16.7 Å². The number of nitrogens with zero attached hydrogens (tertiary/aromatic N) is 1. The number of aryl methyl sites for hydroxylation is 1. The zero-order chi connectivity index (χ0) is 13.8. The summed E-state index contributed by atoms with van der Waals surface area (Å²) in [7, 11) is 0. The van der Waals surface area contributed by atoms with Crippen LogP contribution in [0.1, 0.15) is 35.8 Å². The standard InChI is InChI=1S/C13H12Br2N2OS/c1-12(6-13(12,14)15)11(18)17-10-8(5-16)7-3-2-4-9(7)19-10/h2-4,6H2,1H3,(H,17,18)/t12-/m0/s1. The van der Waals surface area contributed by atoms with Gasteiger partial charge in [0.05, 0.1) is 14.2 Å². The van der Waals surface area contributed by atoms with Crippen molar-refractivity contribution in [1.82, 2.24) is 0 Å². The first kappa shape index (κ1) is 13.6. The Labute approximate surface area is 132 Å². The van der Waals surface area contributed by atoms with E-state index in [1.807, 2.05) is 6.92 Å². The van der Waals surface area contributed by atoms with Gasteiger partial charge in [0.25, 0.3) is 0 Å². The molecular formula is C13H12Br2N2OS. The van der Waals surface area contributed by atoms with Gasteiger partial charge in [-0.25, -0.2) is 0 Å². The predicted octanol–water partition coefficient (Wildman–Crippen LogP) is 3.94. The number of amides is 1. The molecule has 1 heterocycles. The number of carbonyl (C=O) groups is 1. The van der Waals surface area contributed by atoms with Crippen LogP contribution in [-0.2, 0) is 17.6 Å². The minimum atomic E-state index is -0.450. The summed E-state index contributed by atoms with van der Waals surface area (Å²) in [6.45, 7) is 1.92. The SMILES string of the molecule is C[C@@]1(C(=O)Nc2sc3c(c2C#N)CCC3)CC1(Br)Br. The predicted molar refractivity (Wildman–Crippen MR) is 83.0 cm³/mol. The summed E-state index contributed by atoms with van der Waals surface area (Å²) >= 11 is 8.55. The second-order valence-electron chi connectivity index (χ2n) is 5.34. The summed E-state index contributed by atoms with van der Waals surface area (Å²) < 4.78 is -0.302. The van der Waals surface area contributed by atoms with Crippen molar-refractivity contribution in [1.29, 1.82) is 5.26 Å². The molecule has 6 heteroatoms. The van der Waals surface area contributed by atoms with Crippen LogP contribution in [0.5, 0.6) is 0 Å². The first-order valence-corrected chi connectivity index (χ1v) is 8.53. The van der Waals surface area contributed by atoms with Crippen LogP contribution in [0.25, 0.3) is 0 Å². The third-order valence-corrected chi connectivity index (χ3v) is 7.54. The van der Waals surface area contributed by atoms with E-state index in [-0.39, 0.29) is 9.14 Å². The summed E-state index contributed by atoms with van der Waals surface area (Å²) in [5.74, 6) is -0.0299. The largest absolute Gasteiger partial charge is 0.316 e. The molecule has 0 aliphatic heterocycles. The molecule has 1 N–H and O–H groups in total. The lowest BCUT2D eigenvalue weighted by Gasteiger charge is -2.12. The Bertz CT molecular complexity index is 617. The second-order valence-corrected chi connectivity index (χ2v) is 10.2. The number of fused-ring (bicyclic) bond motifs is 1. The maximum atomic E-state index is 12.3. The molecule has 100 valence electrons. The molecule has 1 aromatic rings. The minimum Gasteiger partial charge on any atom is -0.316 e. The fourth-order valence-corrected chi connectivity index (χ4v) is 5.21. The summed E-state index contributed by atoms with van der Waals surface area (Å²) in [5, 5.41) is 13.0. The Morgan fingerprint density at radius 2 is 2.16 bits per heavy atom. The number of nitriles is 1. The van der Waals surface area contributed by atoms with Gasteiger partial charge in [-0.1, -0.05) is 31.9 Å². The van der Waals surface area contributed by atoms with Crippen LogP contribution in [-0.4, -0.2) is 9.14 Å². The van der Waals surface area contributed by atoms with Gasteiger partial charge in [0, 0.05) is 4.88 Å². The number of anilines is 1. The van der Waals surface area contributed by atoms with E-state index < -0.39 is 5.41 Å². The smallest absolute Gasteiger partial charge is 0.233 e. The first-order valence-electron chi connectivity index (χ1n) is 6.13. The molecule has 1 aromatic heterocycles. The van der Waals surface area contributed by atoms with Crippen LogP contribution in [0.3, 0.4) is 0 Å². The number of nitrogens with one attached hydrogen (secondary N) is 1. The van der Waals surface area contributed by atoms with Gasteiger partial charge in [-0.3, -0.25) is 4.79 Å². The topological polar surface area (TPSA) is 52.9 Å². The molecule has 1 atom stereocenters. The van der Waals surface area contributed by atoms with Gasteiger partial charge >= 0.3 is 0 Å². The lowest BCUT2D eigenvalue weighted by molar-refractivity contribution is -0.120. The molecule has 0 radical (unpaired) electrons. The number of hydrogen-bond donors (Lipinski definition) is 1. The minimum absolute atomic E-state index is 0.0299. The van der Waals surface area contributed by atoms with Crippen LogP contribution in [0.2, 0.25) is 0 Å². The monoisotopic (exact) mass is 402 g/mol. The van der Waals surface area contributed by atoms with Crippen molar-refractivity contribution in [3.63, 3.8) is 0 Å². The molecule has 0 aromatic carbocycles. The van der Waals surface area contributed by atoms with Crippen molar-refractivity contribution in [3.8, 4) is 6.07 Å². The van der Waals surface area contributed by atoms with Crippen molar-refractivity contribution < 1.29 is 4.79 Å². The Hall–Kier alpha value is -0.380. The molecule has 19 heavy (non-hydrogen) atoms. The average molecular weight is 404 g/mol. The molecule has 1 fully saturated rings. The second kappa shape index (κ2) is 4.31. The summed E-state index contributed by atoms with van der Waals surface area (Å²) in [6, 6.07) is 2.25. The normalized spacial score (nSPS) is 26.6. The lowest BCUT2D eigenvalue weighted by Crippen LogP contribution is -2.25. The van der Waals surface area contributed by atoms with Gasteiger partial charge in [0.2, 0.25) is 5.91 Å². The highest BCUT2D eigenvalue weighted by atomic mass is 79.9. The number of hydrogen-bond acceptors (Lipinski definition) is 3. The Morgan fingerprint density at radius 1 is 1.47 bits per heavy atom. The third kappa shape index (κ3) is 1.98. The first-order chi connectivity index (χ1) is 8.89. The molecule has 0 saturated heterocycles. The number of halogens is 2. The number of rotatable bonds is 2. The van der Waals surface area contributed by atoms with Gasteiger partial charge in [-0.05, 0) is 38.2 Å². The molecule has 2 aliphatic rings. The van der Waals surface area contributed by atoms with Gasteiger partial charge in [-0.2, -0.15) is 5.26 Å². The van der Waals surface area contributed by atoms with Crippen molar-refractivity contribution >= 4 is 54.1 Å². The summed E-state index contributed by atoms with van der Waals surface area (Å²) in [5.41, 5.74) is 1.37. The molecule has 3 nitrogen and oxygen atoms in total. The molecule has 0 unspecified atom stereocenters. The van der Waals surface area contributed by atoms with Crippen LogP contribution in [0.4, 0.5) is 5.00 Å². The number of alkyl halides is 2. The van der Waals surface area contributed by atoms with Gasteiger partial charge in [0.15, 0.2) is 0 Å². The number of carbonyl (C=O) groups excluding carboxylic acids is 1. The molecule has 0 spiro atoms. The molecule has 0 bridgehead atoms. The molecule has 2 aliphatic carbocycles. The lowest BCUT2D eigenvalue weighted by atomic mass is 10.1. The maximum Gasteiger partial charge on any atom is 0.233 e. The average Bonchev–Trinajstić information content (AvgIpc) is 2.71. The Kier molecular flexibility index (Phi) is 3.08. The molecule has 3 rings (SSSR count). The highest BCUT2D eigenvalue weighted by molar-refractivity contribution is 9.25. The third-order valence-electron chi connectivity index (χ3n) is 4.02. The molecule has 1 amide bonds. The Balaban J connectivity index is 1.86. The summed E-state index contributed by atoms with van der Waals surface area (Å²) in [4.78, 5) is 13.6. The van der Waals surface area contributed by atoms with E-state index in [0.29, 0.717) is 5.56 Å². The van der Waals surface area contributed by atoms with Crippen molar-refractivity contribution in [2.75, 3.05) is 5.32 Å². The fourth-order valence-electron chi connectivity index (χ4n) is 2.50. The van der Waals surface area contributed by atoms with Crippen LogP contribution >= 0.6 is 43.2 Å². The van der Waals surface area contributed by atoms with Crippen LogP contribution < -0.4 is 5.32 Å². The van der Waals surface area contributed by atoms with E-state index in [1.165, 1.54) is 4.88 Å².